The number of fused-ring (bicyclic) bond motifs is 1. The molecule has 6 heteroatoms. The van der Waals surface area contributed by atoms with Gasteiger partial charge in [-0.3, -0.25) is 4.79 Å². The van der Waals surface area contributed by atoms with Gasteiger partial charge in [-0.25, -0.2) is 0 Å². The second-order valence-corrected chi connectivity index (χ2v) is 9.38. The van der Waals surface area contributed by atoms with Gasteiger partial charge in [0.2, 0.25) is 5.91 Å². The lowest BCUT2D eigenvalue weighted by Gasteiger charge is -2.29. The van der Waals surface area contributed by atoms with E-state index in [2.05, 4.69) is 12.2 Å². The van der Waals surface area contributed by atoms with Crippen LogP contribution in [0.1, 0.15) is 50.7 Å². The van der Waals surface area contributed by atoms with Crippen LogP contribution in [0.15, 0.2) is 41.0 Å². The molecule has 0 spiro atoms. The Hall–Kier alpha value is -3.41. The van der Waals surface area contributed by atoms with Crippen LogP contribution >= 0.6 is 0 Å². The van der Waals surface area contributed by atoms with Gasteiger partial charge in [-0.05, 0) is 61.9 Å². The lowest BCUT2D eigenvalue weighted by molar-refractivity contribution is -0.117. The number of furan rings is 1. The minimum absolute atomic E-state index is 0.0617. The third-order valence-electron chi connectivity index (χ3n) is 7.15. The molecule has 2 atom stereocenters. The molecule has 1 aliphatic carbocycles. The highest BCUT2D eigenvalue weighted by Gasteiger charge is 2.23. The van der Waals surface area contributed by atoms with Gasteiger partial charge in [0.05, 0.1) is 27.6 Å². The first-order valence-corrected chi connectivity index (χ1v) is 12.2. The molecular weight excluding hydrogens is 442 g/mol. The molecule has 4 rings (SSSR count). The number of rotatable bonds is 7. The molecule has 1 aliphatic rings. The van der Waals surface area contributed by atoms with Crippen LogP contribution in [0.2, 0.25) is 0 Å². The average Bonchev–Trinajstić information content (AvgIpc) is 3.29. The average molecular weight is 478 g/mol. The Morgan fingerprint density at radius 3 is 2.49 bits per heavy atom. The Balaban J connectivity index is 1.74. The molecule has 1 saturated carbocycles. The summed E-state index contributed by atoms with van der Waals surface area (Å²) < 4.78 is 22.6. The molecule has 35 heavy (non-hydrogen) atoms. The number of hydrogen-bond acceptors (Lipinski definition) is 5. The van der Waals surface area contributed by atoms with Crippen molar-refractivity contribution in [1.29, 1.82) is 0 Å². The predicted molar refractivity (Wildman–Crippen MR) is 139 cm³/mol. The third-order valence-corrected chi connectivity index (χ3v) is 7.15. The normalized spacial score (nSPS) is 18.4. The first-order chi connectivity index (χ1) is 16.9. The van der Waals surface area contributed by atoms with Crippen molar-refractivity contribution < 1.29 is 23.4 Å². The standard InChI is InChI=1S/C29H35NO5/c1-17-9-7-8-10-24(17)30-27(31)13-18(2)21-15-22-23(16-35-29(22)19(3)28(21)34-6)20-11-12-25(32-4)26(14-20)33-5/h11-17,24H,7-10H2,1-6H3,(H,30,31)/b18-13+. The van der Waals surface area contributed by atoms with E-state index in [1.54, 1.807) is 33.7 Å². The van der Waals surface area contributed by atoms with Crippen LogP contribution in [0, 0.1) is 12.8 Å². The quantitative estimate of drug-likeness (QED) is 0.392. The molecule has 3 aromatic rings. The molecule has 2 aromatic carbocycles. The van der Waals surface area contributed by atoms with Gasteiger partial charge in [-0.2, -0.15) is 0 Å². The van der Waals surface area contributed by atoms with Gasteiger partial charge in [0.15, 0.2) is 11.5 Å². The fraction of sp³-hybridized carbons (Fsp3) is 0.414. The highest BCUT2D eigenvalue weighted by Crippen LogP contribution is 2.42. The fourth-order valence-corrected chi connectivity index (χ4v) is 5.13. The van der Waals surface area contributed by atoms with Gasteiger partial charge < -0.3 is 23.9 Å². The van der Waals surface area contributed by atoms with Crippen molar-refractivity contribution >= 4 is 22.4 Å². The molecule has 0 saturated heterocycles. The van der Waals surface area contributed by atoms with E-state index in [1.807, 2.05) is 38.1 Å². The smallest absolute Gasteiger partial charge is 0.244 e. The molecule has 2 unspecified atom stereocenters. The zero-order valence-electron chi connectivity index (χ0n) is 21.5. The summed E-state index contributed by atoms with van der Waals surface area (Å²) in [4.78, 5) is 12.9. The third kappa shape index (κ3) is 4.88. The van der Waals surface area contributed by atoms with Crippen LogP contribution < -0.4 is 19.5 Å². The number of carbonyl (C=O) groups is 1. The molecule has 1 fully saturated rings. The van der Waals surface area contributed by atoms with Crippen LogP contribution in [0.3, 0.4) is 0 Å². The molecule has 1 heterocycles. The number of carbonyl (C=O) groups excluding carboxylic acids is 1. The summed E-state index contributed by atoms with van der Waals surface area (Å²) in [5.74, 6) is 2.46. The van der Waals surface area contributed by atoms with Crippen molar-refractivity contribution in [3.05, 3.63) is 47.7 Å². The number of amides is 1. The van der Waals surface area contributed by atoms with Crippen LogP contribution in [0.4, 0.5) is 0 Å². The van der Waals surface area contributed by atoms with Gasteiger partial charge in [0.1, 0.15) is 11.3 Å². The van der Waals surface area contributed by atoms with Gasteiger partial charge >= 0.3 is 0 Å². The lowest BCUT2D eigenvalue weighted by atomic mass is 9.86. The SMILES string of the molecule is COc1ccc(-c2coc3c(C)c(OC)c(/C(C)=C/C(=O)NC4CCCCC4C)cc23)cc1OC. The Labute approximate surface area is 207 Å². The molecule has 0 aliphatic heterocycles. The lowest BCUT2D eigenvalue weighted by Crippen LogP contribution is -2.40. The van der Waals surface area contributed by atoms with E-state index in [1.165, 1.54) is 12.8 Å². The van der Waals surface area contributed by atoms with E-state index in [-0.39, 0.29) is 11.9 Å². The Bertz CT molecular complexity index is 1260. The van der Waals surface area contributed by atoms with Crippen molar-refractivity contribution in [3.63, 3.8) is 0 Å². The Kier molecular flexibility index (Phi) is 7.39. The van der Waals surface area contributed by atoms with Crippen molar-refractivity contribution in [2.24, 2.45) is 5.92 Å². The molecule has 1 aromatic heterocycles. The van der Waals surface area contributed by atoms with Crippen LogP contribution in [-0.4, -0.2) is 33.3 Å². The summed E-state index contributed by atoms with van der Waals surface area (Å²) in [7, 11) is 4.88. The maximum absolute atomic E-state index is 12.9. The molecule has 6 nitrogen and oxygen atoms in total. The van der Waals surface area contributed by atoms with E-state index in [0.29, 0.717) is 23.2 Å². The van der Waals surface area contributed by atoms with Crippen LogP contribution in [-0.2, 0) is 4.79 Å². The summed E-state index contributed by atoms with van der Waals surface area (Å²) in [6, 6.07) is 8.07. The van der Waals surface area contributed by atoms with Crippen molar-refractivity contribution in [2.45, 2.75) is 52.5 Å². The summed E-state index contributed by atoms with van der Waals surface area (Å²) in [6.45, 7) is 6.14. The monoisotopic (exact) mass is 477 g/mol. The maximum Gasteiger partial charge on any atom is 0.244 e. The summed E-state index contributed by atoms with van der Waals surface area (Å²) >= 11 is 0. The van der Waals surface area contributed by atoms with Crippen molar-refractivity contribution in [2.75, 3.05) is 21.3 Å². The van der Waals surface area contributed by atoms with E-state index in [9.17, 15) is 4.79 Å². The first-order valence-electron chi connectivity index (χ1n) is 12.2. The van der Waals surface area contributed by atoms with E-state index >= 15 is 0 Å². The van der Waals surface area contributed by atoms with Gasteiger partial charge in [0, 0.05) is 34.2 Å². The Morgan fingerprint density at radius 2 is 1.80 bits per heavy atom. The van der Waals surface area contributed by atoms with Gasteiger partial charge in [-0.1, -0.05) is 25.8 Å². The second kappa shape index (κ2) is 10.5. The topological polar surface area (TPSA) is 69.9 Å². The van der Waals surface area contributed by atoms with Crippen molar-refractivity contribution in [3.8, 4) is 28.4 Å². The maximum atomic E-state index is 12.9. The minimum Gasteiger partial charge on any atom is -0.496 e. The number of aryl methyl sites for hydroxylation is 1. The van der Waals surface area contributed by atoms with Crippen LogP contribution in [0.25, 0.3) is 27.7 Å². The Morgan fingerprint density at radius 1 is 1.06 bits per heavy atom. The minimum atomic E-state index is -0.0617. The number of hydrogen-bond donors (Lipinski definition) is 1. The van der Waals surface area contributed by atoms with Gasteiger partial charge in [-0.15, -0.1) is 0 Å². The molecule has 186 valence electrons. The fourth-order valence-electron chi connectivity index (χ4n) is 5.13. The molecular formula is C29H35NO5. The van der Waals surface area contributed by atoms with E-state index < -0.39 is 0 Å². The summed E-state index contributed by atoms with van der Waals surface area (Å²) in [5, 5.41) is 4.16. The van der Waals surface area contributed by atoms with Gasteiger partial charge in [0.25, 0.3) is 0 Å². The highest BCUT2D eigenvalue weighted by atomic mass is 16.5. The molecule has 0 radical (unpaired) electrons. The summed E-state index contributed by atoms with van der Waals surface area (Å²) in [6.07, 6.45) is 8.04. The molecule has 0 bridgehead atoms. The van der Waals surface area contributed by atoms with Crippen LogP contribution in [0.5, 0.6) is 17.2 Å². The van der Waals surface area contributed by atoms with E-state index in [4.69, 9.17) is 18.6 Å². The zero-order chi connectivity index (χ0) is 25.1. The molecule has 1 N–H and O–H groups in total. The largest absolute Gasteiger partial charge is 0.496 e. The number of ether oxygens (including phenoxy) is 3. The zero-order valence-corrected chi connectivity index (χ0v) is 21.5. The first kappa shape index (κ1) is 24.7. The number of nitrogens with one attached hydrogen (secondary N) is 1. The van der Waals surface area contributed by atoms with E-state index in [0.717, 1.165) is 51.6 Å². The number of benzene rings is 2. The van der Waals surface area contributed by atoms with Crippen molar-refractivity contribution in [1.82, 2.24) is 5.32 Å². The number of methoxy groups -OCH3 is 3. The summed E-state index contributed by atoms with van der Waals surface area (Å²) in [5.41, 5.74) is 5.23. The second-order valence-electron chi connectivity index (χ2n) is 9.38. The highest BCUT2D eigenvalue weighted by molar-refractivity contribution is 6.02. The number of allylic oxidation sites excluding steroid dienone is 1. The molecule has 1 amide bonds. The predicted octanol–water partition coefficient (Wildman–Crippen LogP) is 6.53.